The summed E-state index contributed by atoms with van der Waals surface area (Å²) in [7, 11) is 0. The Hall–Kier alpha value is -1.04. The van der Waals surface area contributed by atoms with E-state index in [1.54, 1.807) is 6.07 Å². The van der Waals surface area contributed by atoms with Crippen LogP contribution < -0.4 is 5.32 Å². The topological polar surface area (TPSA) is 30.5 Å². The molecule has 1 N–H and O–H groups in total. The van der Waals surface area contributed by atoms with E-state index in [-0.39, 0.29) is 12.1 Å². The fraction of sp³-hybridized carbons (Fsp3) is 0.600. The quantitative estimate of drug-likeness (QED) is 0.870. The number of nitrogens with one attached hydrogen (secondary N) is 1. The second-order valence-corrected chi connectivity index (χ2v) is 5.00. The van der Waals surface area contributed by atoms with Crippen molar-refractivity contribution in [1.29, 1.82) is 0 Å². The summed E-state index contributed by atoms with van der Waals surface area (Å²) in [5, 5.41) is 3.40. The van der Waals surface area contributed by atoms with Crippen LogP contribution in [0.3, 0.4) is 0 Å². The molecule has 2 rings (SSSR count). The molecule has 0 aromatic heterocycles. The van der Waals surface area contributed by atoms with Crippen molar-refractivity contribution < 1.29 is 18.3 Å². The van der Waals surface area contributed by atoms with Gasteiger partial charge >= 0.3 is 0 Å². The van der Waals surface area contributed by atoms with Crippen molar-refractivity contribution in [3.8, 4) is 0 Å². The summed E-state index contributed by atoms with van der Waals surface area (Å²) in [5.41, 5.74) is 0.756. The minimum absolute atomic E-state index is 0.0418. The molecule has 1 saturated heterocycles. The highest BCUT2D eigenvalue weighted by atomic mass is 19.2. The largest absolute Gasteiger partial charge is 0.376 e. The van der Waals surface area contributed by atoms with Gasteiger partial charge in [0.1, 0.15) is 0 Å². The Balaban J connectivity index is 2.03. The van der Waals surface area contributed by atoms with Gasteiger partial charge in [-0.05, 0) is 37.1 Å². The van der Waals surface area contributed by atoms with Crippen LogP contribution in [0.25, 0.3) is 0 Å². The van der Waals surface area contributed by atoms with Crippen molar-refractivity contribution >= 4 is 0 Å². The van der Waals surface area contributed by atoms with E-state index in [1.807, 2.05) is 0 Å². The molecule has 1 heterocycles. The monoisotopic (exact) mass is 285 g/mol. The average molecular weight is 285 g/mol. The van der Waals surface area contributed by atoms with Crippen LogP contribution in [0, 0.1) is 11.6 Å². The maximum atomic E-state index is 13.3. The Morgan fingerprint density at radius 2 is 2.15 bits per heavy atom. The van der Waals surface area contributed by atoms with Crippen LogP contribution in [0.1, 0.15) is 18.9 Å². The van der Waals surface area contributed by atoms with E-state index in [2.05, 4.69) is 12.2 Å². The molecular formula is C15H21F2NO2. The van der Waals surface area contributed by atoms with Crippen LogP contribution in [0.5, 0.6) is 0 Å². The second-order valence-electron chi connectivity index (χ2n) is 5.00. The molecule has 0 aliphatic carbocycles. The van der Waals surface area contributed by atoms with Gasteiger partial charge in [-0.3, -0.25) is 0 Å². The minimum atomic E-state index is -0.816. The van der Waals surface area contributed by atoms with Gasteiger partial charge in [0.15, 0.2) is 11.6 Å². The molecule has 0 bridgehead atoms. The van der Waals surface area contributed by atoms with Gasteiger partial charge in [0.2, 0.25) is 0 Å². The first-order valence-electron chi connectivity index (χ1n) is 7.07. The smallest absolute Gasteiger partial charge is 0.159 e. The SMILES string of the molecule is CCCNC(Cc1ccc(F)c(F)c1)C1COCCO1. The number of rotatable bonds is 6. The van der Waals surface area contributed by atoms with Gasteiger partial charge in [-0.1, -0.05) is 13.0 Å². The first kappa shape index (κ1) is 15.4. The van der Waals surface area contributed by atoms with Crippen LogP contribution in [0.2, 0.25) is 0 Å². The summed E-state index contributed by atoms with van der Waals surface area (Å²) < 4.78 is 37.4. The van der Waals surface area contributed by atoms with Gasteiger partial charge in [-0.15, -0.1) is 0 Å². The van der Waals surface area contributed by atoms with Crippen molar-refractivity contribution in [2.24, 2.45) is 0 Å². The summed E-state index contributed by atoms with van der Waals surface area (Å²) in [6.07, 6.45) is 1.54. The third kappa shape index (κ3) is 4.23. The highest BCUT2D eigenvalue weighted by molar-refractivity contribution is 5.19. The van der Waals surface area contributed by atoms with Gasteiger partial charge in [-0.2, -0.15) is 0 Å². The van der Waals surface area contributed by atoms with Gasteiger partial charge in [0.05, 0.1) is 25.9 Å². The zero-order chi connectivity index (χ0) is 14.4. The fourth-order valence-corrected chi connectivity index (χ4v) is 2.32. The lowest BCUT2D eigenvalue weighted by Gasteiger charge is -2.31. The molecule has 2 unspecified atom stereocenters. The maximum absolute atomic E-state index is 13.3. The molecule has 2 atom stereocenters. The third-order valence-electron chi connectivity index (χ3n) is 3.39. The number of hydrogen-bond acceptors (Lipinski definition) is 3. The molecular weight excluding hydrogens is 264 g/mol. The molecule has 0 saturated carbocycles. The molecule has 0 radical (unpaired) electrons. The highest BCUT2D eigenvalue weighted by Crippen LogP contribution is 2.15. The predicted molar refractivity (Wildman–Crippen MR) is 72.7 cm³/mol. The molecule has 20 heavy (non-hydrogen) atoms. The molecule has 1 aliphatic rings. The Labute approximate surface area is 118 Å². The summed E-state index contributed by atoms with van der Waals surface area (Å²) in [4.78, 5) is 0. The van der Waals surface area contributed by atoms with Crippen molar-refractivity contribution in [3.05, 3.63) is 35.4 Å². The van der Waals surface area contributed by atoms with E-state index in [4.69, 9.17) is 9.47 Å². The Morgan fingerprint density at radius 3 is 2.80 bits per heavy atom. The normalized spacial score (nSPS) is 20.9. The standard InChI is InChI=1S/C15H21F2NO2/c1-2-5-18-14(15-10-19-6-7-20-15)9-11-3-4-12(16)13(17)8-11/h3-4,8,14-15,18H,2,5-7,9-10H2,1H3. The summed E-state index contributed by atoms with van der Waals surface area (Å²) in [6, 6.07) is 4.07. The van der Waals surface area contributed by atoms with Crippen molar-refractivity contribution in [2.75, 3.05) is 26.4 Å². The molecule has 1 aromatic carbocycles. The lowest BCUT2D eigenvalue weighted by atomic mass is 10.0. The number of ether oxygens (including phenoxy) is 2. The first-order valence-corrected chi connectivity index (χ1v) is 7.07. The Bertz CT molecular complexity index is 422. The summed E-state index contributed by atoms with van der Waals surface area (Å²) >= 11 is 0. The molecule has 1 fully saturated rings. The molecule has 0 amide bonds. The van der Waals surface area contributed by atoms with E-state index < -0.39 is 11.6 Å². The zero-order valence-electron chi connectivity index (χ0n) is 11.7. The van der Waals surface area contributed by atoms with E-state index in [0.29, 0.717) is 26.2 Å². The molecule has 112 valence electrons. The number of hydrogen-bond donors (Lipinski definition) is 1. The predicted octanol–water partition coefficient (Wildman–Crippen LogP) is 2.29. The van der Waals surface area contributed by atoms with Crippen LogP contribution >= 0.6 is 0 Å². The van der Waals surface area contributed by atoms with Gasteiger partial charge < -0.3 is 14.8 Å². The van der Waals surface area contributed by atoms with E-state index in [1.165, 1.54) is 12.1 Å². The molecule has 1 aliphatic heterocycles. The van der Waals surface area contributed by atoms with Crippen LogP contribution in [0.15, 0.2) is 18.2 Å². The lowest BCUT2D eigenvalue weighted by molar-refractivity contribution is -0.101. The zero-order valence-corrected chi connectivity index (χ0v) is 11.7. The number of halogens is 2. The lowest BCUT2D eigenvalue weighted by Crippen LogP contribution is -2.48. The first-order chi connectivity index (χ1) is 9.70. The Kier molecular flexibility index (Phi) is 5.88. The van der Waals surface area contributed by atoms with Crippen molar-refractivity contribution in [3.63, 3.8) is 0 Å². The van der Waals surface area contributed by atoms with Crippen LogP contribution in [0.4, 0.5) is 8.78 Å². The van der Waals surface area contributed by atoms with E-state index in [9.17, 15) is 8.78 Å². The molecule has 3 nitrogen and oxygen atoms in total. The van der Waals surface area contributed by atoms with E-state index >= 15 is 0 Å². The van der Waals surface area contributed by atoms with Gasteiger partial charge in [0, 0.05) is 6.04 Å². The number of benzene rings is 1. The van der Waals surface area contributed by atoms with Crippen molar-refractivity contribution in [1.82, 2.24) is 5.32 Å². The fourth-order valence-electron chi connectivity index (χ4n) is 2.32. The highest BCUT2D eigenvalue weighted by Gasteiger charge is 2.25. The van der Waals surface area contributed by atoms with E-state index in [0.717, 1.165) is 18.5 Å². The molecule has 1 aromatic rings. The van der Waals surface area contributed by atoms with Crippen LogP contribution in [-0.4, -0.2) is 38.5 Å². The third-order valence-corrected chi connectivity index (χ3v) is 3.39. The maximum Gasteiger partial charge on any atom is 0.159 e. The van der Waals surface area contributed by atoms with Crippen molar-refractivity contribution in [2.45, 2.75) is 31.9 Å². The van der Waals surface area contributed by atoms with Gasteiger partial charge in [0.25, 0.3) is 0 Å². The van der Waals surface area contributed by atoms with Crippen LogP contribution in [-0.2, 0) is 15.9 Å². The molecule has 5 heteroatoms. The second kappa shape index (κ2) is 7.67. The van der Waals surface area contributed by atoms with Gasteiger partial charge in [-0.25, -0.2) is 8.78 Å². The summed E-state index contributed by atoms with van der Waals surface area (Å²) in [5.74, 6) is -1.62. The summed E-state index contributed by atoms with van der Waals surface area (Å²) in [6.45, 7) is 4.66. The minimum Gasteiger partial charge on any atom is -0.376 e. The Morgan fingerprint density at radius 1 is 1.30 bits per heavy atom. The molecule has 0 spiro atoms. The average Bonchev–Trinajstić information content (AvgIpc) is 2.48.